The van der Waals surface area contributed by atoms with Gasteiger partial charge in [-0.2, -0.15) is 0 Å². The Kier molecular flexibility index (Phi) is 10.1. The van der Waals surface area contributed by atoms with Crippen molar-refractivity contribution in [1.82, 2.24) is 5.32 Å². The summed E-state index contributed by atoms with van der Waals surface area (Å²) in [4.78, 5) is 24.5. The molecule has 5 nitrogen and oxygen atoms in total. The number of rotatable bonds is 14. The molecule has 0 bridgehead atoms. The smallest absolute Gasteiger partial charge is 0.186 e. The van der Waals surface area contributed by atoms with Gasteiger partial charge in [0.1, 0.15) is 18.6 Å². The van der Waals surface area contributed by atoms with Gasteiger partial charge in [-0.3, -0.25) is 4.79 Å². The van der Waals surface area contributed by atoms with Crippen molar-refractivity contribution in [2.45, 2.75) is 78.2 Å². The summed E-state index contributed by atoms with van der Waals surface area (Å²) in [6.07, 6.45) is 4.41. The first-order valence-corrected chi connectivity index (χ1v) is 14.3. The zero-order valence-corrected chi connectivity index (χ0v) is 20.0. The second-order valence-electron chi connectivity index (χ2n) is 10.2. The maximum absolute atomic E-state index is 13.2. The zero-order chi connectivity index (χ0) is 21.4. The van der Waals surface area contributed by atoms with Crippen LogP contribution in [0.15, 0.2) is 11.8 Å². The van der Waals surface area contributed by atoms with Gasteiger partial charge >= 0.3 is 0 Å². The standard InChI is InChI=1S/C22H41NO4Si/c1-17(2)12-19(15-27-16-26-10-11-28(5,6)7)20-14-23-22(8-9-24,21(20)25)13-18(3)4/h9,14,17-19,23H,8,10-13,15-16H2,1-7H3/t19-,22+/m0/s1. The molecule has 162 valence electrons. The molecule has 0 saturated carbocycles. The van der Waals surface area contributed by atoms with Crippen LogP contribution in [-0.4, -0.2) is 45.7 Å². The van der Waals surface area contributed by atoms with E-state index in [9.17, 15) is 9.59 Å². The van der Waals surface area contributed by atoms with Crippen LogP contribution >= 0.6 is 0 Å². The van der Waals surface area contributed by atoms with E-state index >= 15 is 0 Å². The number of ether oxygens (including phenoxy) is 2. The number of Topliss-reactive ketones (excluding diaryl/α,β-unsaturated/α-hetero) is 1. The maximum Gasteiger partial charge on any atom is 0.186 e. The molecule has 0 saturated heterocycles. The fourth-order valence-corrected chi connectivity index (χ4v) is 4.45. The molecular formula is C22H41NO4Si. The average molecular weight is 412 g/mol. The summed E-state index contributed by atoms with van der Waals surface area (Å²) >= 11 is 0. The number of aldehydes is 1. The van der Waals surface area contributed by atoms with Crippen LogP contribution in [0, 0.1) is 17.8 Å². The highest BCUT2D eigenvalue weighted by Crippen LogP contribution is 2.34. The quantitative estimate of drug-likeness (QED) is 0.198. The second kappa shape index (κ2) is 11.3. The van der Waals surface area contributed by atoms with Gasteiger partial charge in [-0.25, -0.2) is 0 Å². The first-order valence-electron chi connectivity index (χ1n) is 10.6. The minimum Gasteiger partial charge on any atom is -0.378 e. The highest BCUT2D eigenvalue weighted by atomic mass is 28.3. The molecule has 1 rings (SSSR count). The lowest BCUT2D eigenvalue weighted by atomic mass is 9.78. The molecular weight excluding hydrogens is 370 g/mol. The fraction of sp³-hybridized carbons (Fsp3) is 0.818. The third-order valence-corrected chi connectivity index (χ3v) is 6.77. The topological polar surface area (TPSA) is 64.6 Å². The summed E-state index contributed by atoms with van der Waals surface area (Å²) in [7, 11) is -1.10. The Morgan fingerprint density at radius 1 is 1.14 bits per heavy atom. The molecule has 1 aliphatic rings. The van der Waals surface area contributed by atoms with E-state index in [-0.39, 0.29) is 24.9 Å². The molecule has 6 heteroatoms. The number of nitrogens with one attached hydrogen (secondary N) is 1. The van der Waals surface area contributed by atoms with E-state index in [1.807, 2.05) is 6.20 Å². The van der Waals surface area contributed by atoms with Gasteiger partial charge in [0.15, 0.2) is 5.78 Å². The molecule has 0 aromatic heterocycles. The second-order valence-corrected chi connectivity index (χ2v) is 15.8. The number of ketones is 1. The Bertz CT molecular complexity index is 539. The minimum absolute atomic E-state index is 0.0151. The number of hydrogen-bond donors (Lipinski definition) is 1. The molecule has 0 aromatic carbocycles. The lowest BCUT2D eigenvalue weighted by Crippen LogP contribution is -2.47. The van der Waals surface area contributed by atoms with E-state index in [0.29, 0.717) is 24.9 Å². The minimum atomic E-state index is -1.10. The van der Waals surface area contributed by atoms with Gasteiger partial charge in [-0.15, -0.1) is 0 Å². The van der Waals surface area contributed by atoms with Gasteiger partial charge in [0.05, 0.1) is 6.61 Å². The van der Waals surface area contributed by atoms with Gasteiger partial charge in [-0.05, 0) is 30.7 Å². The van der Waals surface area contributed by atoms with Crippen LogP contribution in [0.2, 0.25) is 25.7 Å². The molecule has 0 spiro atoms. The Morgan fingerprint density at radius 2 is 1.82 bits per heavy atom. The average Bonchev–Trinajstić information content (AvgIpc) is 2.84. The molecule has 0 fully saturated rings. The van der Waals surface area contributed by atoms with E-state index < -0.39 is 13.6 Å². The molecule has 0 unspecified atom stereocenters. The zero-order valence-electron chi connectivity index (χ0n) is 19.0. The molecule has 0 amide bonds. The van der Waals surface area contributed by atoms with Crippen molar-refractivity contribution in [3.63, 3.8) is 0 Å². The van der Waals surface area contributed by atoms with Crippen LogP contribution in [0.4, 0.5) is 0 Å². The first-order chi connectivity index (χ1) is 13.0. The SMILES string of the molecule is CC(C)C[C@@H](COCOCC[Si](C)(C)C)C1=CN[C@](CC=O)(CC(C)C)C1=O. The van der Waals surface area contributed by atoms with E-state index in [1.54, 1.807) is 0 Å². The van der Waals surface area contributed by atoms with Crippen LogP contribution in [0.3, 0.4) is 0 Å². The summed E-state index contributed by atoms with van der Waals surface area (Å²) < 4.78 is 11.4. The lowest BCUT2D eigenvalue weighted by Gasteiger charge is -2.29. The molecule has 0 radical (unpaired) electrons. The molecule has 1 heterocycles. The fourth-order valence-electron chi connectivity index (χ4n) is 3.69. The third kappa shape index (κ3) is 8.17. The highest BCUT2D eigenvalue weighted by molar-refractivity contribution is 6.76. The normalized spacial score (nSPS) is 21.2. The van der Waals surface area contributed by atoms with Crippen LogP contribution in [0.25, 0.3) is 0 Å². The summed E-state index contributed by atoms with van der Waals surface area (Å²) in [6.45, 7) is 16.9. The summed E-state index contributed by atoms with van der Waals surface area (Å²) in [6, 6.07) is 1.11. The highest BCUT2D eigenvalue weighted by Gasteiger charge is 2.45. The Balaban J connectivity index is 2.69. The monoisotopic (exact) mass is 411 g/mol. The van der Waals surface area contributed by atoms with Gasteiger partial charge in [0, 0.05) is 38.8 Å². The van der Waals surface area contributed by atoms with Crippen molar-refractivity contribution in [2.75, 3.05) is 20.0 Å². The lowest BCUT2D eigenvalue weighted by molar-refractivity contribution is -0.124. The predicted molar refractivity (Wildman–Crippen MR) is 117 cm³/mol. The van der Waals surface area contributed by atoms with Gasteiger partial charge < -0.3 is 19.6 Å². The molecule has 0 aliphatic carbocycles. The number of carbonyl (C=O) groups is 2. The number of hydrogen-bond acceptors (Lipinski definition) is 5. The van der Waals surface area contributed by atoms with Gasteiger partial charge in [0.25, 0.3) is 0 Å². The van der Waals surface area contributed by atoms with Crippen molar-refractivity contribution >= 4 is 20.1 Å². The van der Waals surface area contributed by atoms with Crippen molar-refractivity contribution in [2.24, 2.45) is 17.8 Å². The summed E-state index contributed by atoms with van der Waals surface area (Å²) in [5.41, 5.74) is -0.0211. The Hall–Kier alpha value is -0.983. The molecule has 1 N–H and O–H groups in total. The van der Waals surface area contributed by atoms with Gasteiger partial charge in [0.2, 0.25) is 0 Å². The molecule has 28 heavy (non-hydrogen) atoms. The Morgan fingerprint density at radius 3 is 2.36 bits per heavy atom. The largest absolute Gasteiger partial charge is 0.378 e. The number of carbonyl (C=O) groups excluding carboxylic acids is 2. The van der Waals surface area contributed by atoms with E-state index in [4.69, 9.17) is 9.47 Å². The predicted octanol–water partition coefficient (Wildman–Crippen LogP) is 4.41. The van der Waals surface area contributed by atoms with Gasteiger partial charge in [-0.1, -0.05) is 47.3 Å². The Labute approximate surface area is 172 Å². The van der Waals surface area contributed by atoms with Crippen LogP contribution in [0.5, 0.6) is 0 Å². The maximum atomic E-state index is 13.2. The van der Waals surface area contributed by atoms with Crippen LogP contribution in [0.1, 0.15) is 47.0 Å². The van der Waals surface area contributed by atoms with E-state index in [1.165, 1.54) is 0 Å². The van der Waals surface area contributed by atoms with Crippen LogP contribution < -0.4 is 5.32 Å². The molecule has 0 aromatic rings. The van der Waals surface area contributed by atoms with Crippen molar-refractivity contribution in [3.8, 4) is 0 Å². The molecule has 2 atom stereocenters. The molecule has 1 aliphatic heterocycles. The van der Waals surface area contributed by atoms with E-state index in [0.717, 1.165) is 30.9 Å². The van der Waals surface area contributed by atoms with E-state index in [2.05, 4.69) is 52.7 Å². The summed E-state index contributed by atoms with van der Waals surface area (Å²) in [5, 5.41) is 3.26. The van der Waals surface area contributed by atoms with Crippen molar-refractivity contribution < 1.29 is 19.1 Å². The van der Waals surface area contributed by atoms with Crippen molar-refractivity contribution in [3.05, 3.63) is 11.8 Å². The third-order valence-electron chi connectivity index (χ3n) is 5.07. The first kappa shape index (κ1) is 25.1. The van der Waals surface area contributed by atoms with Crippen LogP contribution in [-0.2, 0) is 19.1 Å². The summed E-state index contributed by atoms with van der Waals surface area (Å²) in [5.74, 6) is 0.841. The van der Waals surface area contributed by atoms with Crippen molar-refractivity contribution in [1.29, 1.82) is 0 Å².